The van der Waals surface area contributed by atoms with E-state index in [1.54, 1.807) is 11.1 Å². The maximum absolute atomic E-state index is 12.5. The first-order valence-corrected chi connectivity index (χ1v) is 7.54. The predicted molar refractivity (Wildman–Crippen MR) is 83.9 cm³/mol. The fraction of sp³-hybridized carbons (Fsp3) is 0.412. The molecule has 0 aliphatic carbocycles. The van der Waals surface area contributed by atoms with Crippen molar-refractivity contribution >= 4 is 5.91 Å². The maximum atomic E-state index is 12.5. The highest BCUT2D eigenvalue weighted by Gasteiger charge is 2.31. The van der Waals surface area contributed by atoms with Gasteiger partial charge in [0.2, 0.25) is 0 Å². The van der Waals surface area contributed by atoms with E-state index in [9.17, 15) is 4.79 Å². The molecule has 2 aromatic rings. The number of hydrogen-bond donors (Lipinski definition) is 0. The van der Waals surface area contributed by atoms with Crippen LogP contribution in [-0.2, 0) is 17.8 Å². The largest absolute Gasteiger partial charge is 0.480 e. The van der Waals surface area contributed by atoms with Crippen molar-refractivity contribution in [3.8, 4) is 5.75 Å². The molecule has 0 N–H and O–H groups in total. The number of ether oxygens (including phenoxy) is 1. The number of hydrogen-bond acceptors (Lipinski definition) is 3. The Kier molecular flexibility index (Phi) is 3.88. The van der Waals surface area contributed by atoms with E-state index in [0.717, 1.165) is 11.3 Å². The molecule has 1 aromatic carbocycles. The van der Waals surface area contributed by atoms with Gasteiger partial charge < -0.3 is 9.64 Å². The molecule has 5 nitrogen and oxygen atoms in total. The number of carbonyl (C=O) groups excluding carboxylic acids is 1. The van der Waals surface area contributed by atoms with E-state index in [2.05, 4.69) is 25.0 Å². The lowest BCUT2D eigenvalue weighted by Crippen LogP contribution is -2.40. The van der Waals surface area contributed by atoms with Crippen LogP contribution in [0.25, 0.3) is 0 Å². The summed E-state index contributed by atoms with van der Waals surface area (Å²) in [4.78, 5) is 14.2. The van der Waals surface area contributed by atoms with Gasteiger partial charge in [0.1, 0.15) is 5.75 Å². The molecular weight excluding hydrogens is 278 g/mol. The third-order valence-corrected chi connectivity index (χ3v) is 4.23. The summed E-state index contributed by atoms with van der Waals surface area (Å²) < 4.78 is 7.67. The van der Waals surface area contributed by atoms with E-state index in [-0.39, 0.29) is 5.91 Å². The van der Waals surface area contributed by atoms with Crippen molar-refractivity contribution in [2.75, 3.05) is 13.6 Å². The van der Waals surface area contributed by atoms with Crippen LogP contribution in [-0.4, -0.2) is 40.3 Å². The second-order valence-electron chi connectivity index (χ2n) is 5.88. The minimum atomic E-state index is -0.404. The van der Waals surface area contributed by atoms with Gasteiger partial charge in [0.15, 0.2) is 6.10 Å². The number of aromatic nitrogens is 2. The van der Waals surface area contributed by atoms with Gasteiger partial charge in [-0.05, 0) is 42.7 Å². The highest BCUT2D eigenvalue weighted by molar-refractivity contribution is 5.82. The van der Waals surface area contributed by atoms with Gasteiger partial charge in [-0.15, -0.1) is 0 Å². The molecule has 0 saturated heterocycles. The molecule has 5 heteroatoms. The van der Waals surface area contributed by atoms with Crippen LogP contribution in [0, 0.1) is 13.8 Å². The van der Waals surface area contributed by atoms with Crippen LogP contribution in [0.15, 0.2) is 30.6 Å². The fourth-order valence-corrected chi connectivity index (χ4v) is 2.69. The van der Waals surface area contributed by atoms with Crippen LogP contribution < -0.4 is 4.74 Å². The molecule has 0 bridgehead atoms. The number of benzene rings is 1. The first-order chi connectivity index (χ1) is 10.5. The maximum Gasteiger partial charge on any atom is 0.263 e. The Morgan fingerprint density at radius 2 is 2.18 bits per heavy atom. The molecule has 116 valence electrons. The van der Waals surface area contributed by atoms with Crippen molar-refractivity contribution < 1.29 is 9.53 Å². The summed E-state index contributed by atoms with van der Waals surface area (Å²) >= 11 is 0. The van der Waals surface area contributed by atoms with Crippen molar-refractivity contribution in [3.05, 3.63) is 47.3 Å². The van der Waals surface area contributed by atoms with Crippen LogP contribution in [0.5, 0.6) is 5.75 Å². The molecule has 0 saturated carbocycles. The van der Waals surface area contributed by atoms with Gasteiger partial charge >= 0.3 is 0 Å². The topological polar surface area (TPSA) is 47.4 Å². The van der Waals surface area contributed by atoms with Crippen molar-refractivity contribution in [1.82, 2.24) is 14.7 Å². The lowest BCUT2D eigenvalue weighted by molar-refractivity contribution is -0.136. The lowest BCUT2D eigenvalue weighted by Gasteiger charge is -2.20. The Balaban J connectivity index is 1.61. The average molecular weight is 299 g/mol. The highest BCUT2D eigenvalue weighted by Crippen LogP contribution is 2.31. The van der Waals surface area contributed by atoms with Crippen molar-refractivity contribution in [1.29, 1.82) is 0 Å². The van der Waals surface area contributed by atoms with E-state index in [0.29, 0.717) is 19.5 Å². The quantitative estimate of drug-likeness (QED) is 0.867. The third-order valence-electron chi connectivity index (χ3n) is 4.23. The molecule has 1 aliphatic heterocycles. The molecular formula is C17H21N3O2. The second-order valence-corrected chi connectivity index (χ2v) is 5.88. The Hall–Kier alpha value is -2.30. The van der Waals surface area contributed by atoms with Crippen molar-refractivity contribution in [2.24, 2.45) is 0 Å². The van der Waals surface area contributed by atoms with Gasteiger partial charge in [-0.1, -0.05) is 6.07 Å². The normalized spacial score (nSPS) is 16.2. The zero-order chi connectivity index (χ0) is 15.7. The van der Waals surface area contributed by atoms with Gasteiger partial charge in [0.25, 0.3) is 5.91 Å². The zero-order valence-electron chi connectivity index (χ0n) is 13.2. The number of fused-ring (bicyclic) bond motifs is 1. The molecule has 0 radical (unpaired) electrons. The van der Waals surface area contributed by atoms with Crippen LogP contribution in [0.4, 0.5) is 0 Å². The Morgan fingerprint density at radius 3 is 2.91 bits per heavy atom. The summed E-state index contributed by atoms with van der Waals surface area (Å²) in [6.07, 6.45) is 3.88. The van der Waals surface area contributed by atoms with Gasteiger partial charge in [-0.25, -0.2) is 0 Å². The number of nitrogens with zero attached hydrogens (tertiary/aromatic N) is 3. The SMILES string of the molecule is Cc1cc2c(cc1C)O[C@@H](C(=O)N(C)CCn1cccn1)C2. The second kappa shape index (κ2) is 5.83. The molecule has 3 rings (SSSR count). The molecule has 22 heavy (non-hydrogen) atoms. The van der Waals surface area contributed by atoms with Crippen LogP contribution in [0.1, 0.15) is 16.7 Å². The number of amides is 1. The summed E-state index contributed by atoms with van der Waals surface area (Å²) in [5.41, 5.74) is 3.56. The summed E-state index contributed by atoms with van der Waals surface area (Å²) in [6, 6.07) is 6.03. The minimum Gasteiger partial charge on any atom is -0.480 e. The van der Waals surface area contributed by atoms with Crippen molar-refractivity contribution in [2.45, 2.75) is 32.9 Å². The summed E-state index contributed by atoms with van der Waals surface area (Å²) in [5, 5.41) is 4.14. The zero-order valence-corrected chi connectivity index (χ0v) is 13.2. The molecule has 1 atom stereocenters. The van der Waals surface area contributed by atoms with Crippen molar-refractivity contribution in [3.63, 3.8) is 0 Å². The van der Waals surface area contributed by atoms with Gasteiger partial charge in [0, 0.05) is 32.4 Å². The van der Waals surface area contributed by atoms with E-state index in [1.807, 2.05) is 30.1 Å². The van der Waals surface area contributed by atoms with Gasteiger partial charge in [0.05, 0.1) is 6.54 Å². The molecule has 2 heterocycles. The Morgan fingerprint density at radius 1 is 1.41 bits per heavy atom. The minimum absolute atomic E-state index is 0.0265. The Labute approximate surface area is 130 Å². The molecule has 1 amide bonds. The molecule has 1 aromatic heterocycles. The summed E-state index contributed by atoms with van der Waals surface area (Å²) in [7, 11) is 1.81. The van der Waals surface area contributed by atoms with Crippen LogP contribution in [0.2, 0.25) is 0 Å². The Bertz CT molecular complexity index is 648. The third kappa shape index (κ3) is 2.84. The van der Waals surface area contributed by atoms with Gasteiger partial charge in [-0.2, -0.15) is 5.10 Å². The van der Waals surface area contributed by atoms with Crippen LogP contribution in [0.3, 0.4) is 0 Å². The molecule has 1 aliphatic rings. The highest BCUT2D eigenvalue weighted by atomic mass is 16.5. The number of rotatable bonds is 4. The monoisotopic (exact) mass is 299 g/mol. The number of aryl methyl sites for hydroxylation is 2. The van der Waals surface area contributed by atoms with E-state index >= 15 is 0 Å². The molecule has 0 spiro atoms. The standard InChI is InChI=1S/C17H21N3O2/c1-12-9-14-11-16(22-15(14)10-13(12)2)17(21)19(3)7-8-20-6-4-5-18-20/h4-6,9-10,16H,7-8,11H2,1-3H3/t16-/m1/s1. The average Bonchev–Trinajstić information content (AvgIpc) is 3.13. The van der Waals surface area contributed by atoms with E-state index in [4.69, 9.17) is 4.74 Å². The van der Waals surface area contributed by atoms with E-state index < -0.39 is 6.10 Å². The summed E-state index contributed by atoms with van der Waals surface area (Å²) in [5.74, 6) is 0.876. The lowest BCUT2D eigenvalue weighted by atomic mass is 10.0. The molecule has 0 fully saturated rings. The molecule has 0 unspecified atom stereocenters. The first-order valence-electron chi connectivity index (χ1n) is 7.54. The first kappa shape index (κ1) is 14.6. The van der Waals surface area contributed by atoms with Gasteiger partial charge in [-0.3, -0.25) is 9.48 Å². The van der Waals surface area contributed by atoms with Crippen LogP contribution >= 0.6 is 0 Å². The smallest absolute Gasteiger partial charge is 0.263 e. The fourth-order valence-electron chi connectivity index (χ4n) is 2.69. The summed E-state index contributed by atoms with van der Waals surface area (Å²) in [6.45, 7) is 5.45. The predicted octanol–water partition coefficient (Wildman–Crippen LogP) is 1.96. The number of carbonyl (C=O) groups is 1. The van der Waals surface area contributed by atoms with E-state index in [1.165, 1.54) is 11.1 Å². The number of likely N-dealkylation sites (N-methyl/N-ethyl adjacent to an activating group) is 1.